The molecule has 1 aromatic heterocycles. The quantitative estimate of drug-likeness (QED) is 0.648. The molecule has 0 saturated heterocycles. The third kappa shape index (κ3) is 2.66. The van der Waals surface area contributed by atoms with Crippen molar-refractivity contribution in [2.24, 2.45) is 0 Å². The highest BCUT2D eigenvalue weighted by molar-refractivity contribution is 6.17. The van der Waals surface area contributed by atoms with Crippen molar-refractivity contribution in [3.8, 4) is 5.69 Å². The summed E-state index contributed by atoms with van der Waals surface area (Å²) in [5.41, 5.74) is 3.82. The van der Waals surface area contributed by atoms with E-state index in [1.165, 1.54) is 17.7 Å². The molecule has 0 aliphatic rings. The molecule has 0 atom stereocenters. The van der Waals surface area contributed by atoms with Crippen molar-refractivity contribution >= 4 is 22.6 Å². The van der Waals surface area contributed by atoms with Gasteiger partial charge in [0.05, 0.1) is 11.0 Å². The SMILES string of the molecule is CCc1ccc(-n2c(CCCl)nc3ccc(F)cc32)cc1. The Morgan fingerprint density at radius 3 is 2.57 bits per heavy atom. The number of benzene rings is 2. The van der Waals surface area contributed by atoms with Crippen molar-refractivity contribution in [1.29, 1.82) is 0 Å². The van der Waals surface area contributed by atoms with Crippen molar-refractivity contribution in [1.82, 2.24) is 9.55 Å². The molecule has 0 bridgehead atoms. The molecule has 3 rings (SSSR count). The van der Waals surface area contributed by atoms with Crippen molar-refractivity contribution in [3.05, 3.63) is 59.7 Å². The van der Waals surface area contributed by atoms with Gasteiger partial charge in [-0.2, -0.15) is 0 Å². The van der Waals surface area contributed by atoms with Crippen LogP contribution in [0.4, 0.5) is 4.39 Å². The summed E-state index contributed by atoms with van der Waals surface area (Å²) in [6, 6.07) is 12.9. The van der Waals surface area contributed by atoms with Crippen molar-refractivity contribution < 1.29 is 4.39 Å². The Morgan fingerprint density at radius 1 is 1.14 bits per heavy atom. The number of nitrogens with zero attached hydrogens (tertiary/aromatic N) is 2. The summed E-state index contributed by atoms with van der Waals surface area (Å²) in [4.78, 5) is 4.57. The predicted octanol–water partition coefficient (Wildman–Crippen LogP) is 4.51. The lowest BCUT2D eigenvalue weighted by atomic mass is 10.1. The standard InChI is InChI=1S/C17H16ClFN2/c1-2-12-3-6-14(7-4-12)21-16-11-13(19)5-8-15(16)20-17(21)9-10-18/h3-8,11H,2,9-10H2,1H3. The number of hydrogen-bond acceptors (Lipinski definition) is 1. The van der Waals surface area contributed by atoms with Gasteiger partial charge in [-0.1, -0.05) is 19.1 Å². The maximum atomic E-state index is 13.6. The molecule has 0 amide bonds. The van der Waals surface area contributed by atoms with Crippen LogP contribution in [0.3, 0.4) is 0 Å². The van der Waals surface area contributed by atoms with Crippen LogP contribution in [-0.4, -0.2) is 15.4 Å². The maximum absolute atomic E-state index is 13.6. The Labute approximate surface area is 128 Å². The molecule has 0 saturated carbocycles. The summed E-state index contributed by atoms with van der Waals surface area (Å²) in [5.74, 6) is 1.08. The van der Waals surface area contributed by atoms with E-state index in [1.54, 1.807) is 6.07 Å². The highest BCUT2D eigenvalue weighted by Crippen LogP contribution is 2.23. The lowest BCUT2D eigenvalue weighted by molar-refractivity contribution is 0.629. The van der Waals surface area contributed by atoms with Crippen LogP contribution in [-0.2, 0) is 12.8 Å². The molecule has 0 radical (unpaired) electrons. The molecule has 4 heteroatoms. The zero-order valence-electron chi connectivity index (χ0n) is 11.8. The van der Waals surface area contributed by atoms with Crippen LogP contribution in [0.5, 0.6) is 0 Å². The van der Waals surface area contributed by atoms with Crippen LogP contribution < -0.4 is 0 Å². The second kappa shape index (κ2) is 5.86. The van der Waals surface area contributed by atoms with E-state index < -0.39 is 0 Å². The Kier molecular flexibility index (Phi) is 3.93. The van der Waals surface area contributed by atoms with Crippen LogP contribution in [0.1, 0.15) is 18.3 Å². The van der Waals surface area contributed by atoms with Gasteiger partial charge in [0.15, 0.2) is 0 Å². The van der Waals surface area contributed by atoms with Crippen molar-refractivity contribution in [3.63, 3.8) is 0 Å². The number of imidazole rings is 1. The number of alkyl halides is 1. The number of halogens is 2. The van der Waals surface area contributed by atoms with Gasteiger partial charge in [0.2, 0.25) is 0 Å². The van der Waals surface area contributed by atoms with E-state index in [9.17, 15) is 4.39 Å². The van der Waals surface area contributed by atoms with E-state index in [1.807, 2.05) is 16.7 Å². The van der Waals surface area contributed by atoms with Gasteiger partial charge in [-0.25, -0.2) is 9.37 Å². The number of hydrogen-bond donors (Lipinski definition) is 0. The molecule has 0 N–H and O–H groups in total. The van der Waals surface area contributed by atoms with E-state index in [0.717, 1.165) is 29.0 Å². The number of aromatic nitrogens is 2. The smallest absolute Gasteiger partial charge is 0.125 e. The average molecular weight is 303 g/mol. The van der Waals surface area contributed by atoms with E-state index in [2.05, 4.69) is 24.0 Å². The first-order chi connectivity index (χ1) is 10.2. The highest BCUT2D eigenvalue weighted by Gasteiger charge is 2.12. The average Bonchev–Trinajstić information content (AvgIpc) is 2.85. The zero-order chi connectivity index (χ0) is 14.8. The van der Waals surface area contributed by atoms with Gasteiger partial charge in [0.25, 0.3) is 0 Å². The number of rotatable bonds is 4. The molecule has 0 unspecified atom stereocenters. The first kappa shape index (κ1) is 14.1. The predicted molar refractivity (Wildman–Crippen MR) is 84.8 cm³/mol. The number of fused-ring (bicyclic) bond motifs is 1. The molecule has 0 fully saturated rings. The van der Waals surface area contributed by atoms with Crippen molar-refractivity contribution in [2.75, 3.05) is 5.88 Å². The second-order valence-electron chi connectivity index (χ2n) is 4.96. The molecule has 2 aromatic carbocycles. The molecule has 0 aliphatic carbocycles. The Bertz CT molecular complexity index is 762. The van der Waals surface area contributed by atoms with Gasteiger partial charge in [-0.05, 0) is 36.2 Å². The Morgan fingerprint density at radius 2 is 1.90 bits per heavy atom. The third-order valence-electron chi connectivity index (χ3n) is 3.61. The zero-order valence-corrected chi connectivity index (χ0v) is 12.6. The largest absolute Gasteiger partial charge is 0.296 e. The minimum Gasteiger partial charge on any atom is -0.296 e. The lowest BCUT2D eigenvalue weighted by Crippen LogP contribution is -2.02. The molecule has 2 nitrogen and oxygen atoms in total. The first-order valence-electron chi connectivity index (χ1n) is 7.05. The van der Waals surface area contributed by atoms with Crippen molar-refractivity contribution in [2.45, 2.75) is 19.8 Å². The van der Waals surface area contributed by atoms with Gasteiger partial charge in [-0.15, -0.1) is 11.6 Å². The summed E-state index contributed by atoms with van der Waals surface area (Å²) in [6.45, 7) is 2.12. The molecule has 3 aromatic rings. The Balaban J connectivity index is 2.21. The summed E-state index contributed by atoms with van der Waals surface area (Å²) in [5, 5.41) is 0. The fraction of sp³-hybridized carbons (Fsp3) is 0.235. The van der Waals surface area contributed by atoms with Crippen LogP contribution in [0.15, 0.2) is 42.5 Å². The van der Waals surface area contributed by atoms with E-state index in [4.69, 9.17) is 11.6 Å². The van der Waals surface area contributed by atoms with E-state index in [0.29, 0.717) is 12.3 Å². The van der Waals surface area contributed by atoms with Crippen LogP contribution in [0.2, 0.25) is 0 Å². The van der Waals surface area contributed by atoms with Gasteiger partial charge in [-0.3, -0.25) is 4.57 Å². The molecule has 21 heavy (non-hydrogen) atoms. The first-order valence-corrected chi connectivity index (χ1v) is 7.58. The van der Waals surface area contributed by atoms with Gasteiger partial charge >= 0.3 is 0 Å². The van der Waals surface area contributed by atoms with Crippen LogP contribution in [0.25, 0.3) is 16.7 Å². The van der Waals surface area contributed by atoms with Gasteiger partial charge < -0.3 is 0 Å². The fourth-order valence-electron chi connectivity index (χ4n) is 2.52. The van der Waals surface area contributed by atoms with E-state index >= 15 is 0 Å². The lowest BCUT2D eigenvalue weighted by Gasteiger charge is -2.09. The molecule has 108 valence electrons. The monoisotopic (exact) mass is 302 g/mol. The van der Waals surface area contributed by atoms with Crippen LogP contribution in [0, 0.1) is 5.82 Å². The Hall–Kier alpha value is -1.87. The maximum Gasteiger partial charge on any atom is 0.125 e. The minimum absolute atomic E-state index is 0.258. The molecule has 1 heterocycles. The third-order valence-corrected chi connectivity index (χ3v) is 3.80. The topological polar surface area (TPSA) is 17.8 Å². The minimum atomic E-state index is -0.258. The summed E-state index contributed by atoms with van der Waals surface area (Å²) in [7, 11) is 0. The highest BCUT2D eigenvalue weighted by atomic mass is 35.5. The molecular formula is C17H16ClFN2. The molecule has 0 aliphatic heterocycles. The van der Waals surface area contributed by atoms with Crippen LogP contribution >= 0.6 is 11.6 Å². The molecular weight excluding hydrogens is 287 g/mol. The second-order valence-corrected chi connectivity index (χ2v) is 5.33. The summed E-state index contributed by atoms with van der Waals surface area (Å²) >= 11 is 5.87. The summed E-state index contributed by atoms with van der Waals surface area (Å²) < 4.78 is 15.6. The summed E-state index contributed by atoms with van der Waals surface area (Å²) in [6.07, 6.45) is 1.64. The van der Waals surface area contributed by atoms with Gasteiger partial charge in [0, 0.05) is 24.1 Å². The van der Waals surface area contributed by atoms with E-state index in [-0.39, 0.29) is 5.82 Å². The normalized spacial score (nSPS) is 11.2. The number of aryl methyl sites for hydroxylation is 2. The fourth-order valence-corrected chi connectivity index (χ4v) is 2.69. The molecule has 0 spiro atoms. The van der Waals surface area contributed by atoms with Gasteiger partial charge in [0.1, 0.15) is 11.6 Å².